The molecule has 5 heteroatoms. The van der Waals surface area contributed by atoms with Crippen molar-refractivity contribution in [1.82, 2.24) is 4.90 Å². The van der Waals surface area contributed by atoms with E-state index in [0.29, 0.717) is 27.9 Å². The Morgan fingerprint density at radius 3 is 2.53 bits per heavy atom. The summed E-state index contributed by atoms with van der Waals surface area (Å²) in [6, 6.07) is 6.41. The van der Waals surface area contributed by atoms with Crippen LogP contribution in [0, 0.1) is 0 Å². The second-order valence-electron chi connectivity index (χ2n) is 5.01. The Hall–Kier alpha value is 0.0700. The first-order valence-corrected chi connectivity index (χ1v) is 8.36. The van der Waals surface area contributed by atoms with Gasteiger partial charge in [0.25, 0.3) is 0 Å². The van der Waals surface area contributed by atoms with Crippen LogP contribution < -0.4 is 5.73 Å². The van der Waals surface area contributed by atoms with Gasteiger partial charge >= 0.3 is 0 Å². The fraction of sp³-hybridized carbons (Fsp3) is 0.571. The summed E-state index contributed by atoms with van der Waals surface area (Å²) >= 11 is 14.2. The number of hydrogen-bond donors (Lipinski definition) is 1. The van der Waals surface area contributed by atoms with E-state index in [1.165, 1.54) is 0 Å². The maximum Gasteiger partial charge on any atom is 0.0475 e. The number of nitrogens with zero attached hydrogens (tertiary/aromatic N) is 1. The second kappa shape index (κ2) is 6.68. The van der Waals surface area contributed by atoms with Gasteiger partial charge in [0, 0.05) is 46.2 Å². The van der Waals surface area contributed by atoms with Gasteiger partial charge < -0.3 is 5.73 Å². The fourth-order valence-electron chi connectivity index (χ4n) is 2.63. The molecule has 1 saturated heterocycles. The predicted molar refractivity (Wildman–Crippen MR) is 86.3 cm³/mol. The highest BCUT2D eigenvalue weighted by atomic mass is 35.5. The van der Waals surface area contributed by atoms with Crippen molar-refractivity contribution in [3.8, 4) is 0 Å². The maximum absolute atomic E-state index is 6.11. The minimum Gasteiger partial charge on any atom is -0.329 e. The van der Waals surface area contributed by atoms with Crippen LogP contribution in [0.5, 0.6) is 0 Å². The van der Waals surface area contributed by atoms with Gasteiger partial charge in [-0.3, -0.25) is 4.90 Å². The molecule has 0 aliphatic carbocycles. The first kappa shape index (κ1) is 15.5. The Morgan fingerprint density at radius 1 is 1.32 bits per heavy atom. The highest BCUT2D eigenvalue weighted by Crippen LogP contribution is 2.33. The highest BCUT2D eigenvalue weighted by Gasteiger charge is 2.31. The zero-order chi connectivity index (χ0) is 14.0. The van der Waals surface area contributed by atoms with Crippen LogP contribution in [0.4, 0.5) is 0 Å². The Kier molecular flexibility index (Phi) is 5.44. The lowest BCUT2D eigenvalue weighted by atomic mass is 10.0. The molecule has 0 saturated carbocycles. The fourth-order valence-corrected chi connectivity index (χ4v) is 4.29. The van der Waals surface area contributed by atoms with Crippen molar-refractivity contribution in [3.05, 3.63) is 33.8 Å². The molecule has 1 aromatic carbocycles. The number of hydrogen-bond acceptors (Lipinski definition) is 3. The van der Waals surface area contributed by atoms with Crippen molar-refractivity contribution < 1.29 is 0 Å². The topological polar surface area (TPSA) is 29.3 Å². The molecule has 2 nitrogen and oxygen atoms in total. The Morgan fingerprint density at radius 2 is 1.95 bits per heavy atom. The molecule has 0 amide bonds. The zero-order valence-electron chi connectivity index (χ0n) is 11.3. The molecule has 106 valence electrons. The van der Waals surface area contributed by atoms with Gasteiger partial charge in [-0.15, -0.1) is 0 Å². The lowest BCUT2D eigenvalue weighted by molar-refractivity contribution is 0.150. The van der Waals surface area contributed by atoms with E-state index < -0.39 is 0 Å². The van der Waals surface area contributed by atoms with Gasteiger partial charge in [0.1, 0.15) is 0 Å². The smallest absolute Gasteiger partial charge is 0.0475 e. The number of thioether (sulfide) groups is 1. The third-order valence-corrected chi connectivity index (χ3v) is 5.60. The summed E-state index contributed by atoms with van der Waals surface area (Å²) in [7, 11) is 0. The van der Waals surface area contributed by atoms with Crippen LogP contribution in [0.25, 0.3) is 0 Å². The molecule has 0 spiro atoms. The molecule has 1 aromatic rings. The van der Waals surface area contributed by atoms with E-state index in [4.69, 9.17) is 28.9 Å². The molecule has 2 rings (SSSR count). The predicted octanol–water partition coefficient (Wildman–Crippen LogP) is 3.82. The largest absolute Gasteiger partial charge is 0.329 e. The van der Waals surface area contributed by atoms with Gasteiger partial charge in [-0.25, -0.2) is 0 Å². The van der Waals surface area contributed by atoms with Gasteiger partial charge in [-0.1, -0.05) is 30.1 Å². The van der Waals surface area contributed by atoms with E-state index in [9.17, 15) is 0 Å². The standard InChI is InChI=1S/C14H20Cl2N2S/c1-9-10(2)19-4-3-18(9)14(8-17)11-5-12(15)7-13(16)6-11/h5-7,9-10,14H,3-4,8,17H2,1-2H3. The van der Waals surface area contributed by atoms with Crippen molar-refractivity contribution in [3.63, 3.8) is 0 Å². The summed E-state index contributed by atoms with van der Waals surface area (Å²) in [5.74, 6) is 1.15. The molecule has 1 aliphatic rings. The van der Waals surface area contributed by atoms with Gasteiger partial charge in [0.2, 0.25) is 0 Å². The van der Waals surface area contributed by atoms with E-state index in [1.54, 1.807) is 6.07 Å². The zero-order valence-corrected chi connectivity index (χ0v) is 13.6. The maximum atomic E-state index is 6.11. The number of benzene rings is 1. The quantitative estimate of drug-likeness (QED) is 0.918. The van der Waals surface area contributed by atoms with E-state index in [0.717, 1.165) is 17.9 Å². The molecular formula is C14H20Cl2N2S. The van der Waals surface area contributed by atoms with E-state index >= 15 is 0 Å². The summed E-state index contributed by atoms with van der Waals surface area (Å²) in [6.45, 7) is 6.19. The van der Waals surface area contributed by atoms with Crippen molar-refractivity contribution in [2.45, 2.75) is 31.2 Å². The van der Waals surface area contributed by atoms with Crippen LogP contribution in [-0.2, 0) is 0 Å². The first-order chi connectivity index (χ1) is 9.02. The summed E-state index contributed by atoms with van der Waals surface area (Å²) in [5.41, 5.74) is 7.13. The molecule has 1 heterocycles. The minimum atomic E-state index is 0.189. The van der Waals surface area contributed by atoms with E-state index in [-0.39, 0.29) is 6.04 Å². The molecule has 19 heavy (non-hydrogen) atoms. The Balaban J connectivity index is 2.28. The van der Waals surface area contributed by atoms with Crippen LogP contribution in [0.15, 0.2) is 18.2 Å². The number of nitrogens with two attached hydrogens (primary N) is 1. The molecule has 0 bridgehead atoms. The molecule has 1 fully saturated rings. The summed E-state index contributed by atoms with van der Waals surface area (Å²) in [4.78, 5) is 2.48. The second-order valence-corrected chi connectivity index (χ2v) is 7.37. The molecule has 2 N–H and O–H groups in total. The molecule has 3 atom stereocenters. The molecule has 1 aliphatic heterocycles. The Labute approximate surface area is 129 Å². The normalized spacial score (nSPS) is 26.4. The summed E-state index contributed by atoms with van der Waals surface area (Å²) in [5, 5.41) is 1.97. The van der Waals surface area contributed by atoms with Gasteiger partial charge in [-0.05, 0) is 30.7 Å². The number of halogens is 2. The van der Waals surface area contributed by atoms with E-state index in [1.807, 2.05) is 23.9 Å². The van der Waals surface area contributed by atoms with Crippen LogP contribution in [0.1, 0.15) is 25.5 Å². The molecule has 3 unspecified atom stereocenters. The number of rotatable bonds is 3. The van der Waals surface area contributed by atoms with E-state index in [2.05, 4.69) is 18.7 Å². The first-order valence-electron chi connectivity index (χ1n) is 6.56. The van der Waals surface area contributed by atoms with Crippen molar-refractivity contribution in [2.75, 3.05) is 18.8 Å². The van der Waals surface area contributed by atoms with Crippen LogP contribution in [0.2, 0.25) is 10.0 Å². The van der Waals surface area contributed by atoms with Crippen LogP contribution >= 0.6 is 35.0 Å². The highest BCUT2D eigenvalue weighted by molar-refractivity contribution is 8.00. The van der Waals surface area contributed by atoms with Crippen molar-refractivity contribution in [1.29, 1.82) is 0 Å². The van der Waals surface area contributed by atoms with Gasteiger partial charge in [-0.2, -0.15) is 11.8 Å². The van der Waals surface area contributed by atoms with Crippen molar-refractivity contribution >= 4 is 35.0 Å². The van der Waals surface area contributed by atoms with Crippen molar-refractivity contribution in [2.24, 2.45) is 5.73 Å². The lowest BCUT2D eigenvalue weighted by Gasteiger charge is -2.42. The average molecular weight is 319 g/mol. The van der Waals surface area contributed by atoms with Gasteiger partial charge in [0.15, 0.2) is 0 Å². The molecule has 0 aromatic heterocycles. The average Bonchev–Trinajstić information content (AvgIpc) is 2.34. The molecular weight excluding hydrogens is 299 g/mol. The van der Waals surface area contributed by atoms with Crippen LogP contribution in [0.3, 0.4) is 0 Å². The molecule has 0 radical (unpaired) electrons. The minimum absolute atomic E-state index is 0.189. The SMILES string of the molecule is CC1SCCN(C(CN)c2cc(Cl)cc(Cl)c2)C1C. The Bertz CT molecular complexity index is 421. The lowest BCUT2D eigenvalue weighted by Crippen LogP contribution is -2.48. The third kappa shape index (κ3) is 3.59. The monoisotopic (exact) mass is 318 g/mol. The third-order valence-electron chi connectivity index (χ3n) is 3.83. The van der Waals surface area contributed by atoms with Gasteiger partial charge in [0.05, 0.1) is 0 Å². The summed E-state index contributed by atoms with van der Waals surface area (Å²) in [6.07, 6.45) is 0. The summed E-state index contributed by atoms with van der Waals surface area (Å²) < 4.78 is 0. The van der Waals surface area contributed by atoms with Crippen LogP contribution in [-0.4, -0.2) is 35.0 Å².